The summed E-state index contributed by atoms with van der Waals surface area (Å²) in [5, 5.41) is 2.93. The molecule has 1 aliphatic rings. The van der Waals surface area contributed by atoms with Gasteiger partial charge in [0, 0.05) is 31.1 Å². The Hall–Kier alpha value is -2.99. The monoisotopic (exact) mass is 365 g/mol. The second kappa shape index (κ2) is 7.72. The second-order valence-corrected chi connectivity index (χ2v) is 6.58. The zero-order chi connectivity index (χ0) is 18.6. The molecule has 1 atom stereocenters. The highest BCUT2D eigenvalue weighted by molar-refractivity contribution is 5.77. The standard InChI is InChI=1S/C21H20FN3O2/c22-17-8-6-16(7-9-17)19-13-24-21(27-19)14-25-11-10-23-20(26)12-18(25)15-4-2-1-3-5-15/h1-9,13,18H,10-12,14H2,(H,23,26)/t18-/m1/s1. The quantitative estimate of drug-likeness (QED) is 0.768. The molecule has 2 aromatic carbocycles. The lowest BCUT2D eigenvalue weighted by atomic mass is 10.0. The molecule has 0 aliphatic carbocycles. The molecule has 0 saturated carbocycles. The maximum absolute atomic E-state index is 13.1. The summed E-state index contributed by atoms with van der Waals surface area (Å²) >= 11 is 0. The number of hydrogen-bond donors (Lipinski definition) is 1. The predicted octanol–water partition coefficient (Wildman–Crippen LogP) is 3.54. The van der Waals surface area contributed by atoms with Crippen LogP contribution in [0.1, 0.15) is 23.9 Å². The number of benzene rings is 2. The van der Waals surface area contributed by atoms with Crippen molar-refractivity contribution >= 4 is 5.91 Å². The Kier molecular flexibility index (Phi) is 4.98. The Bertz CT molecular complexity index is 909. The van der Waals surface area contributed by atoms with E-state index in [0.717, 1.165) is 11.1 Å². The first-order chi connectivity index (χ1) is 13.2. The molecule has 6 heteroatoms. The van der Waals surface area contributed by atoms with E-state index in [1.165, 1.54) is 12.1 Å². The lowest BCUT2D eigenvalue weighted by Crippen LogP contribution is -2.30. The first-order valence-corrected chi connectivity index (χ1v) is 8.95. The van der Waals surface area contributed by atoms with Gasteiger partial charge in [-0.15, -0.1) is 0 Å². The molecule has 1 fully saturated rings. The maximum atomic E-state index is 13.1. The van der Waals surface area contributed by atoms with E-state index in [1.807, 2.05) is 30.3 Å². The number of aromatic nitrogens is 1. The number of nitrogens with zero attached hydrogens (tertiary/aromatic N) is 2. The van der Waals surface area contributed by atoms with Crippen molar-refractivity contribution in [1.82, 2.24) is 15.2 Å². The van der Waals surface area contributed by atoms with Crippen molar-refractivity contribution < 1.29 is 13.6 Å². The first-order valence-electron chi connectivity index (χ1n) is 8.95. The minimum atomic E-state index is -0.286. The van der Waals surface area contributed by atoms with E-state index in [1.54, 1.807) is 18.3 Å². The molecule has 0 spiro atoms. The minimum Gasteiger partial charge on any atom is -0.439 e. The molecule has 1 amide bonds. The Morgan fingerprint density at radius 1 is 1.15 bits per heavy atom. The summed E-state index contributed by atoms with van der Waals surface area (Å²) in [6.45, 7) is 1.79. The highest BCUT2D eigenvalue weighted by atomic mass is 19.1. The van der Waals surface area contributed by atoms with Crippen LogP contribution in [0.2, 0.25) is 0 Å². The topological polar surface area (TPSA) is 58.4 Å². The van der Waals surface area contributed by atoms with Gasteiger partial charge in [0.2, 0.25) is 11.8 Å². The molecule has 0 unspecified atom stereocenters. The van der Waals surface area contributed by atoms with E-state index >= 15 is 0 Å². The molecule has 1 aromatic heterocycles. The zero-order valence-electron chi connectivity index (χ0n) is 14.8. The van der Waals surface area contributed by atoms with E-state index in [2.05, 4.69) is 15.2 Å². The summed E-state index contributed by atoms with van der Waals surface area (Å²) < 4.78 is 19.0. The van der Waals surface area contributed by atoms with Gasteiger partial charge < -0.3 is 9.73 Å². The van der Waals surface area contributed by atoms with Crippen LogP contribution in [0.15, 0.2) is 65.2 Å². The molecule has 0 radical (unpaired) electrons. The minimum absolute atomic E-state index is 0.0325. The molecular formula is C21H20FN3O2. The smallest absolute Gasteiger partial charge is 0.221 e. The average Bonchev–Trinajstić information content (AvgIpc) is 3.07. The predicted molar refractivity (Wildman–Crippen MR) is 99.1 cm³/mol. The molecule has 0 bridgehead atoms. The number of oxazole rings is 1. The number of rotatable bonds is 4. The van der Waals surface area contributed by atoms with Gasteiger partial charge in [-0.2, -0.15) is 0 Å². The van der Waals surface area contributed by atoms with Crippen LogP contribution in [0.25, 0.3) is 11.3 Å². The first kappa shape index (κ1) is 17.4. The van der Waals surface area contributed by atoms with Gasteiger partial charge in [-0.25, -0.2) is 9.37 Å². The summed E-state index contributed by atoms with van der Waals surface area (Å²) in [5.41, 5.74) is 1.88. The van der Waals surface area contributed by atoms with Gasteiger partial charge in [-0.3, -0.25) is 9.69 Å². The Morgan fingerprint density at radius 2 is 1.93 bits per heavy atom. The van der Waals surface area contributed by atoms with Gasteiger partial charge in [-0.1, -0.05) is 30.3 Å². The van der Waals surface area contributed by atoms with Gasteiger partial charge in [-0.05, 0) is 29.8 Å². The fourth-order valence-electron chi connectivity index (χ4n) is 3.37. The summed E-state index contributed by atoms with van der Waals surface area (Å²) in [6, 6.07) is 16.1. The molecule has 1 saturated heterocycles. The van der Waals surface area contributed by atoms with Crippen LogP contribution < -0.4 is 5.32 Å². The molecule has 5 nitrogen and oxygen atoms in total. The number of carbonyl (C=O) groups is 1. The highest BCUT2D eigenvalue weighted by Crippen LogP contribution is 2.28. The number of amides is 1. The van der Waals surface area contributed by atoms with E-state index in [9.17, 15) is 9.18 Å². The van der Waals surface area contributed by atoms with E-state index in [0.29, 0.717) is 37.7 Å². The van der Waals surface area contributed by atoms with Crippen LogP contribution >= 0.6 is 0 Å². The third kappa shape index (κ3) is 4.06. The number of carbonyl (C=O) groups excluding carboxylic acids is 1. The van der Waals surface area contributed by atoms with Gasteiger partial charge in [0.15, 0.2) is 5.76 Å². The molecule has 27 heavy (non-hydrogen) atoms. The molecule has 4 rings (SSSR count). The lowest BCUT2D eigenvalue weighted by Gasteiger charge is -2.28. The number of halogens is 1. The fourth-order valence-corrected chi connectivity index (χ4v) is 3.37. The maximum Gasteiger partial charge on any atom is 0.221 e. The fraction of sp³-hybridized carbons (Fsp3) is 0.238. The van der Waals surface area contributed by atoms with Crippen LogP contribution in [-0.2, 0) is 11.3 Å². The van der Waals surface area contributed by atoms with Crippen molar-refractivity contribution in [3.05, 3.63) is 78.1 Å². The molecule has 3 aromatic rings. The summed E-state index contributed by atoms with van der Waals surface area (Å²) in [5.74, 6) is 0.937. The SMILES string of the molecule is O=C1C[C@H](c2ccccc2)N(Cc2ncc(-c3ccc(F)cc3)o2)CCN1. The second-order valence-electron chi connectivity index (χ2n) is 6.58. The Balaban J connectivity index is 1.56. The van der Waals surface area contributed by atoms with Gasteiger partial charge >= 0.3 is 0 Å². The van der Waals surface area contributed by atoms with Crippen LogP contribution in [-0.4, -0.2) is 28.9 Å². The van der Waals surface area contributed by atoms with Crippen LogP contribution in [0.3, 0.4) is 0 Å². The van der Waals surface area contributed by atoms with E-state index in [-0.39, 0.29) is 17.8 Å². The third-order valence-corrected chi connectivity index (χ3v) is 4.75. The van der Waals surface area contributed by atoms with Crippen LogP contribution in [0.4, 0.5) is 4.39 Å². The van der Waals surface area contributed by atoms with E-state index < -0.39 is 0 Å². The Morgan fingerprint density at radius 3 is 2.70 bits per heavy atom. The third-order valence-electron chi connectivity index (χ3n) is 4.75. The number of nitrogens with one attached hydrogen (secondary N) is 1. The van der Waals surface area contributed by atoms with Crippen molar-refractivity contribution in [2.45, 2.75) is 19.0 Å². The van der Waals surface area contributed by atoms with Gasteiger partial charge in [0.1, 0.15) is 5.82 Å². The lowest BCUT2D eigenvalue weighted by molar-refractivity contribution is -0.121. The summed E-state index contributed by atoms with van der Waals surface area (Å²) in [7, 11) is 0. The zero-order valence-corrected chi connectivity index (χ0v) is 14.8. The van der Waals surface area contributed by atoms with Crippen LogP contribution in [0.5, 0.6) is 0 Å². The molecule has 2 heterocycles. The number of hydrogen-bond acceptors (Lipinski definition) is 4. The highest BCUT2D eigenvalue weighted by Gasteiger charge is 2.27. The normalized spacial score (nSPS) is 18.1. The molecule has 138 valence electrons. The average molecular weight is 365 g/mol. The van der Waals surface area contributed by atoms with Crippen molar-refractivity contribution in [2.75, 3.05) is 13.1 Å². The summed E-state index contributed by atoms with van der Waals surface area (Å²) in [6.07, 6.45) is 2.05. The van der Waals surface area contributed by atoms with Gasteiger partial charge in [0.25, 0.3) is 0 Å². The van der Waals surface area contributed by atoms with Gasteiger partial charge in [0.05, 0.1) is 12.7 Å². The molecular weight excluding hydrogens is 345 g/mol. The van der Waals surface area contributed by atoms with Crippen molar-refractivity contribution in [3.63, 3.8) is 0 Å². The molecule has 1 aliphatic heterocycles. The van der Waals surface area contributed by atoms with Crippen molar-refractivity contribution in [2.24, 2.45) is 0 Å². The van der Waals surface area contributed by atoms with Crippen molar-refractivity contribution in [1.29, 1.82) is 0 Å². The van der Waals surface area contributed by atoms with Crippen molar-refractivity contribution in [3.8, 4) is 11.3 Å². The largest absolute Gasteiger partial charge is 0.439 e. The molecule has 1 N–H and O–H groups in total. The summed E-state index contributed by atoms with van der Waals surface area (Å²) in [4.78, 5) is 18.7. The Labute approximate surface area is 156 Å². The van der Waals surface area contributed by atoms with Crippen LogP contribution in [0, 0.1) is 5.82 Å². The van der Waals surface area contributed by atoms with E-state index in [4.69, 9.17) is 4.42 Å².